The molecule has 0 aromatic heterocycles. The number of rotatable bonds is 9. The minimum Gasteiger partial charge on any atom is -0.755 e. The Bertz CT molecular complexity index is 1570. The Morgan fingerprint density at radius 1 is 0.675 bits per heavy atom. The molecule has 0 heterocycles. The summed E-state index contributed by atoms with van der Waals surface area (Å²) in [5, 5.41) is 0. The van der Waals surface area contributed by atoms with Gasteiger partial charge in [0, 0.05) is 0 Å². The lowest BCUT2D eigenvalue weighted by atomic mass is 10.1. The van der Waals surface area contributed by atoms with E-state index in [1.807, 2.05) is 26.0 Å². The highest BCUT2D eigenvalue weighted by Crippen LogP contribution is 2.36. The monoisotopic (exact) mass is 578 g/mol. The molecule has 0 amide bonds. The van der Waals surface area contributed by atoms with Crippen molar-refractivity contribution in [1.82, 2.24) is 0 Å². The van der Waals surface area contributed by atoms with E-state index in [1.54, 1.807) is 61.5 Å². The Labute approximate surface area is 237 Å². The fourth-order valence-electron chi connectivity index (χ4n) is 4.06. The minimum atomic E-state index is -2.74. The van der Waals surface area contributed by atoms with Crippen LogP contribution in [0.3, 0.4) is 0 Å². The molecule has 4 rings (SSSR count). The molecular formula is C29H26N2O7S2-2. The Morgan fingerprint density at radius 2 is 1.12 bits per heavy atom. The van der Waals surface area contributed by atoms with Crippen LogP contribution < -0.4 is 13.3 Å². The molecule has 4 aromatic rings. The number of hydrogen-bond donors (Lipinski definition) is 0. The first kappa shape index (κ1) is 29.0. The number of anilines is 4. The minimum absolute atomic E-state index is 0.0228. The Kier molecular flexibility index (Phi) is 9.00. The molecule has 0 aliphatic heterocycles. The van der Waals surface area contributed by atoms with Gasteiger partial charge in [0.2, 0.25) is 0 Å². The molecule has 4 aromatic carbocycles. The molecule has 2 unspecified atom stereocenters. The number of aryl methyl sites for hydroxylation is 3. The van der Waals surface area contributed by atoms with Gasteiger partial charge < -0.3 is 18.6 Å². The van der Waals surface area contributed by atoms with Crippen molar-refractivity contribution in [3.05, 3.63) is 107 Å². The standard InChI is InChI=1S/C29H28N2O7S2/c1-19-5-9-22(10-6-19)30(39(33)34)27-15-13-24(17-21(27)3)38-25-14-16-28(26(18-25)29(32)37-4)31(40(35)36)23-11-7-20(2)8-12-23/h5-18H,1-4H3,(H,33,34)(H,35,36)/p-2. The van der Waals surface area contributed by atoms with Crippen molar-refractivity contribution in [3.8, 4) is 11.5 Å². The van der Waals surface area contributed by atoms with E-state index >= 15 is 0 Å². The fraction of sp³-hybridized carbons (Fsp3) is 0.138. The zero-order valence-corrected chi connectivity index (χ0v) is 23.8. The van der Waals surface area contributed by atoms with Crippen LogP contribution in [0.4, 0.5) is 22.7 Å². The van der Waals surface area contributed by atoms with Gasteiger partial charge in [0.05, 0.1) is 58.0 Å². The first-order valence-corrected chi connectivity index (χ1v) is 14.1. The third-order valence-corrected chi connectivity index (χ3v) is 7.46. The highest BCUT2D eigenvalue weighted by Gasteiger charge is 2.21. The number of carbonyl (C=O) groups is 1. The highest BCUT2D eigenvalue weighted by molar-refractivity contribution is 7.81. The van der Waals surface area contributed by atoms with E-state index in [4.69, 9.17) is 9.47 Å². The summed E-state index contributed by atoms with van der Waals surface area (Å²) in [6.45, 7) is 5.54. The Morgan fingerprint density at radius 3 is 1.57 bits per heavy atom. The molecule has 0 saturated carbocycles. The molecule has 0 saturated heterocycles. The molecule has 0 radical (unpaired) electrons. The predicted molar refractivity (Wildman–Crippen MR) is 154 cm³/mol. The summed E-state index contributed by atoms with van der Waals surface area (Å²) >= 11 is -5.31. The van der Waals surface area contributed by atoms with E-state index in [1.165, 1.54) is 29.6 Å². The molecule has 9 nitrogen and oxygen atoms in total. The second-order valence-electron chi connectivity index (χ2n) is 8.91. The molecule has 0 bridgehead atoms. The Balaban J connectivity index is 1.68. The van der Waals surface area contributed by atoms with Crippen LogP contribution in [0.2, 0.25) is 0 Å². The average molecular weight is 579 g/mol. The van der Waals surface area contributed by atoms with Gasteiger partial charge in [-0.3, -0.25) is 17.0 Å². The largest absolute Gasteiger partial charge is 0.755 e. The summed E-state index contributed by atoms with van der Waals surface area (Å²) < 4.78 is 61.7. The van der Waals surface area contributed by atoms with Crippen molar-refractivity contribution in [2.45, 2.75) is 20.8 Å². The van der Waals surface area contributed by atoms with E-state index in [0.717, 1.165) is 15.4 Å². The molecule has 0 N–H and O–H groups in total. The van der Waals surface area contributed by atoms with Gasteiger partial charge in [-0.15, -0.1) is 0 Å². The maximum atomic E-state index is 12.7. The van der Waals surface area contributed by atoms with Crippen LogP contribution >= 0.6 is 0 Å². The molecule has 0 spiro atoms. The van der Waals surface area contributed by atoms with Crippen LogP contribution in [0.1, 0.15) is 27.0 Å². The number of methoxy groups -OCH3 is 1. The van der Waals surface area contributed by atoms with Gasteiger partial charge in [-0.05, 0) is 87.0 Å². The normalized spacial score (nSPS) is 12.3. The van der Waals surface area contributed by atoms with Crippen molar-refractivity contribution in [2.24, 2.45) is 0 Å². The van der Waals surface area contributed by atoms with Crippen LogP contribution in [0.15, 0.2) is 84.9 Å². The van der Waals surface area contributed by atoms with Crippen LogP contribution in [0.5, 0.6) is 11.5 Å². The van der Waals surface area contributed by atoms with Crippen LogP contribution in [0, 0.1) is 20.8 Å². The Hall–Kier alpha value is -4.03. The molecular weight excluding hydrogens is 552 g/mol. The molecule has 11 heteroatoms. The van der Waals surface area contributed by atoms with Gasteiger partial charge in [-0.2, -0.15) is 0 Å². The lowest BCUT2D eigenvalue weighted by Gasteiger charge is -2.28. The average Bonchev–Trinajstić information content (AvgIpc) is 2.92. The maximum Gasteiger partial charge on any atom is 0.340 e. The summed E-state index contributed by atoms with van der Waals surface area (Å²) in [7, 11) is 1.20. The van der Waals surface area contributed by atoms with Gasteiger partial charge in [0.15, 0.2) is 0 Å². The van der Waals surface area contributed by atoms with Crippen molar-refractivity contribution in [1.29, 1.82) is 0 Å². The van der Waals surface area contributed by atoms with Crippen LogP contribution in [0.25, 0.3) is 0 Å². The van der Waals surface area contributed by atoms with Crippen molar-refractivity contribution >= 4 is 51.3 Å². The van der Waals surface area contributed by atoms with Crippen LogP contribution in [-0.2, 0) is 27.3 Å². The fourth-order valence-corrected chi connectivity index (χ4v) is 5.33. The van der Waals surface area contributed by atoms with E-state index in [0.29, 0.717) is 28.4 Å². The first-order chi connectivity index (χ1) is 19.1. The number of nitrogens with zero attached hydrogens (tertiary/aromatic N) is 2. The van der Waals surface area contributed by atoms with Gasteiger partial charge in [0.1, 0.15) is 11.5 Å². The molecule has 2 atom stereocenters. The van der Waals surface area contributed by atoms with Gasteiger partial charge >= 0.3 is 5.97 Å². The quantitative estimate of drug-likeness (QED) is 0.175. The summed E-state index contributed by atoms with van der Waals surface area (Å²) in [6.07, 6.45) is 0. The van der Waals surface area contributed by atoms with Gasteiger partial charge in [0.25, 0.3) is 0 Å². The third kappa shape index (κ3) is 6.40. The zero-order chi connectivity index (χ0) is 29.0. The smallest absolute Gasteiger partial charge is 0.340 e. The summed E-state index contributed by atoms with van der Waals surface area (Å²) in [4.78, 5) is 12.7. The van der Waals surface area contributed by atoms with Crippen molar-refractivity contribution in [3.63, 3.8) is 0 Å². The summed E-state index contributed by atoms with van der Waals surface area (Å²) in [6, 6.07) is 23.2. The van der Waals surface area contributed by atoms with Crippen molar-refractivity contribution in [2.75, 3.05) is 15.7 Å². The first-order valence-electron chi connectivity index (χ1n) is 12.0. The number of esters is 1. The molecule has 0 aliphatic rings. The molecule has 0 aliphatic carbocycles. The molecule has 0 fully saturated rings. The number of benzene rings is 4. The van der Waals surface area contributed by atoms with E-state index < -0.39 is 28.5 Å². The van der Waals surface area contributed by atoms with E-state index in [9.17, 15) is 22.3 Å². The number of hydrogen-bond acceptors (Lipinski definition) is 7. The van der Waals surface area contributed by atoms with E-state index in [-0.39, 0.29) is 17.0 Å². The van der Waals surface area contributed by atoms with Gasteiger partial charge in [-0.25, -0.2) is 4.79 Å². The lowest BCUT2D eigenvalue weighted by molar-refractivity contribution is 0.0601. The summed E-state index contributed by atoms with van der Waals surface area (Å²) in [5.41, 5.74) is 3.92. The van der Waals surface area contributed by atoms with Crippen molar-refractivity contribution < 1.29 is 31.8 Å². The summed E-state index contributed by atoms with van der Waals surface area (Å²) in [5.74, 6) is -0.117. The van der Waals surface area contributed by atoms with Crippen LogP contribution in [-0.4, -0.2) is 30.6 Å². The number of ether oxygens (including phenoxy) is 2. The predicted octanol–water partition coefficient (Wildman–Crippen LogP) is 6.06. The highest BCUT2D eigenvalue weighted by atomic mass is 32.2. The van der Waals surface area contributed by atoms with Gasteiger partial charge in [-0.1, -0.05) is 35.4 Å². The third-order valence-electron chi connectivity index (χ3n) is 6.05. The second kappa shape index (κ2) is 12.4. The zero-order valence-electron chi connectivity index (χ0n) is 22.2. The lowest BCUT2D eigenvalue weighted by Crippen LogP contribution is -2.22. The molecule has 40 heavy (non-hydrogen) atoms. The topological polar surface area (TPSA) is 122 Å². The molecule has 208 valence electrons. The second-order valence-corrected chi connectivity index (χ2v) is 10.5. The number of carbonyl (C=O) groups excluding carboxylic acids is 1. The SMILES string of the molecule is COC(=O)c1cc(Oc2ccc(N(c3ccc(C)cc3)S(=O)[O-])c(C)c2)ccc1N(c1ccc(C)cc1)S(=O)[O-]. The van der Waals surface area contributed by atoms with E-state index in [2.05, 4.69) is 0 Å². The maximum absolute atomic E-state index is 12.7.